The molecule has 2 heteroatoms. The molecule has 0 heterocycles. The van der Waals surface area contributed by atoms with Crippen molar-refractivity contribution in [1.29, 1.82) is 5.26 Å². The molecule has 0 aromatic heterocycles. The largest absolute Gasteiger partial charge is 0.207 e. The lowest BCUT2D eigenvalue weighted by Crippen LogP contribution is -2.03. The van der Waals surface area contributed by atoms with E-state index in [1.54, 1.807) is 12.1 Å². The van der Waals surface area contributed by atoms with E-state index in [-0.39, 0.29) is 5.82 Å². The molecule has 0 N–H and O–H groups in total. The molecule has 0 aliphatic carbocycles. The maximum absolute atomic E-state index is 12.5. The van der Waals surface area contributed by atoms with E-state index >= 15 is 0 Å². The first-order chi connectivity index (χ1) is 23.2. The van der Waals surface area contributed by atoms with Crippen molar-refractivity contribution < 1.29 is 4.39 Å². The molecule has 1 atom stereocenters. The molecule has 3 rings (SSSR count). The van der Waals surface area contributed by atoms with E-state index in [1.165, 1.54) is 50.2 Å². The monoisotopic (exact) mass is 672 g/mol. The summed E-state index contributed by atoms with van der Waals surface area (Å²) in [5, 5.41) is 9.06. The van der Waals surface area contributed by atoms with Crippen LogP contribution in [-0.2, 0) is 6.42 Å². The van der Waals surface area contributed by atoms with Gasteiger partial charge in [-0.15, -0.1) is 6.58 Å². The number of benzene rings is 3. The standard InChI is InChI=1S/C16H13N.C9H11F.C8H16.C8H18.C4H10.C2H6/c1-12(2)13-7-9-14(10-8-13)16-6-4-3-5-15(16)11-17;1-2-4-8-5-3-6-9(10)7-8;1-7(2)6-8(3,4)5;1-4-6-7-8(3)5-2;1-3-4-2;1-2/h3-10H,1H2,2H3;3,5-7H,2,4H2,1H3;1,6H2,2-5H3;8H,4-7H2,1-3H3;3-4H2,1-2H3;1-2H3. The van der Waals surface area contributed by atoms with E-state index in [1.807, 2.05) is 75.4 Å². The highest BCUT2D eigenvalue weighted by Gasteiger charge is 2.08. The third-order valence-corrected chi connectivity index (χ3v) is 7.24. The third-order valence-electron chi connectivity index (χ3n) is 7.24. The van der Waals surface area contributed by atoms with Crippen LogP contribution in [0.4, 0.5) is 4.39 Å². The molecule has 49 heavy (non-hydrogen) atoms. The lowest BCUT2D eigenvalue weighted by Gasteiger charge is -2.17. The van der Waals surface area contributed by atoms with Gasteiger partial charge in [-0.05, 0) is 78.5 Å². The van der Waals surface area contributed by atoms with Crippen LogP contribution >= 0.6 is 0 Å². The molecular formula is C47H74FN. The molecular weight excluding hydrogens is 598 g/mol. The van der Waals surface area contributed by atoms with E-state index in [0.29, 0.717) is 11.0 Å². The van der Waals surface area contributed by atoms with Gasteiger partial charge in [0.2, 0.25) is 0 Å². The summed E-state index contributed by atoms with van der Waals surface area (Å²) in [6, 6.07) is 24.7. The predicted molar refractivity (Wildman–Crippen MR) is 221 cm³/mol. The Hall–Kier alpha value is -3.44. The van der Waals surface area contributed by atoms with Crippen molar-refractivity contribution >= 4 is 5.57 Å². The Morgan fingerprint density at radius 1 is 0.796 bits per heavy atom. The zero-order valence-electron chi connectivity index (χ0n) is 34.1. The van der Waals surface area contributed by atoms with Gasteiger partial charge in [-0.3, -0.25) is 0 Å². The van der Waals surface area contributed by atoms with Gasteiger partial charge in [0.05, 0.1) is 11.6 Å². The normalized spacial score (nSPS) is 10.2. The van der Waals surface area contributed by atoms with Crippen molar-refractivity contribution in [2.24, 2.45) is 11.3 Å². The fourth-order valence-electron chi connectivity index (χ4n) is 4.41. The number of hydrogen-bond donors (Lipinski definition) is 0. The number of allylic oxidation sites excluding steroid dienone is 2. The molecule has 0 radical (unpaired) electrons. The van der Waals surface area contributed by atoms with Crippen LogP contribution in [-0.4, -0.2) is 0 Å². The Morgan fingerprint density at radius 3 is 1.76 bits per heavy atom. The van der Waals surface area contributed by atoms with Crippen molar-refractivity contribution in [3.05, 3.63) is 114 Å². The highest BCUT2D eigenvalue weighted by molar-refractivity contribution is 5.72. The maximum atomic E-state index is 12.5. The quantitative estimate of drug-likeness (QED) is 0.197. The lowest BCUT2D eigenvalue weighted by atomic mass is 9.89. The fourth-order valence-corrected chi connectivity index (χ4v) is 4.41. The summed E-state index contributed by atoms with van der Waals surface area (Å²) < 4.78 is 12.5. The topological polar surface area (TPSA) is 23.8 Å². The second kappa shape index (κ2) is 31.8. The van der Waals surface area contributed by atoms with E-state index in [0.717, 1.165) is 53.0 Å². The zero-order chi connectivity index (χ0) is 38.3. The molecule has 0 amide bonds. The van der Waals surface area contributed by atoms with Crippen molar-refractivity contribution in [3.8, 4) is 17.2 Å². The number of nitrogens with zero attached hydrogens (tertiary/aromatic N) is 1. The van der Waals surface area contributed by atoms with Gasteiger partial charge < -0.3 is 0 Å². The molecule has 0 spiro atoms. The molecule has 3 aromatic carbocycles. The Balaban J connectivity index is -0.000000574. The van der Waals surface area contributed by atoms with Crippen LogP contribution in [0.3, 0.4) is 0 Å². The minimum absolute atomic E-state index is 0.133. The first kappa shape index (κ1) is 49.9. The van der Waals surface area contributed by atoms with E-state index in [9.17, 15) is 4.39 Å². The van der Waals surface area contributed by atoms with Gasteiger partial charge in [0.15, 0.2) is 0 Å². The van der Waals surface area contributed by atoms with Crippen molar-refractivity contribution in [1.82, 2.24) is 0 Å². The Labute approximate surface area is 304 Å². The second-order valence-electron chi connectivity index (χ2n) is 13.7. The van der Waals surface area contributed by atoms with Gasteiger partial charge in [-0.2, -0.15) is 5.26 Å². The van der Waals surface area contributed by atoms with E-state index in [2.05, 4.69) is 88.5 Å². The third kappa shape index (κ3) is 29.2. The number of rotatable bonds is 10. The number of nitriles is 1. The summed E-state index contributed by atoms with van der Waals surface area (Å²) in [6.45, 7) is 35.8. The molecule has 3 aromatic rings. The number of hydrogen-bond acceptors (Lipinski definition) is 1. The predicted octanol–water partition coefficient (Wildman–Crippen LogP) is 16.1. The summed E-state index contributed by atoms with van der Waals surface area (Å²) >= 11 is 0. The summed E-state index contributed by atoms with van der Waals surface area (Å²) in [5.74, 6) is 0.820. The average Bonchev–Trinajstić information content (AvgIpc) is 3.08. The Kier molecular flexibility index (Phi) is 32.4. The lowest BCUT2D eigenvalue weighted by molar-refractivity contribution is 0.410. The zero-order valence-corrected chi connectivity index (χ0v) is 34.1. The van der Waals surface area contributed by atoms with Crippen LogP contribution in [0.5, 0.6) is 0 Å². The van der Waals surface area contributed by atoms with Gasteiger partial charge in [0.1, 0.15) is 5.82 Å². The molecule has 0 aliphatic heterocycles. The first-order valence-corrected chi connectivity index (χ1v) is 18.8. The SMILES string of the molecule is C=C(C)CC(C)(C)C.C=C(C)c1ccc(-c2ccccc2C#N)cc1.CC.CCCC.CCCCC(C)CC.CCCc1cccc(F)c1. The first-order valence-electron chi connectivity index (χ1n) is 18.8. The number of halogens is 1. The minimum Gasteiger partial charge on any atom is -0.207 e. The molecule has 0 aliphatic rings. The van der Waals surface area contributed by atoms with Crippen molar-refractivity contribution in [2.75, 3.05) is 0 Å². The molecule has 274 valence electrons. The summed E-state index contributed by atoms with van der Waals surface area (Å²) in [7, 11) is 0. The second-order valence-corrected chi connectivity index (χ2v) is 13.7. The summed E-state index contributed by atoms with van der Waals surface area (Å²) in [4.78, 5) is 0. The van der Waals surface area contributed by atoms with Crippen LogP contribution in [0.2, 0.25) is 0 Å². The van der Waals surface area contributed by atoms with Crippen molar-refractivity contribution in [3.63, 3.8) is 0 Å². The highest BCUT2D eigenvalue weighted by Crippen LogP contribution is 2.25. The van der Waals surface area contributed by atoms with E-state index < -0.39 is 0 Å². The van der Waals surface area contributed by atoms with E-state index in [4.69, 9.17) is 5.26 Å². The van der Waals surface area contributed by atoms with Crippen LogP contribution < -0.4 is 0 Å². The average molecular weight is 672 g/mol. The molecule has 0 fully saturated rings. The van der Waals surface area contributed by atoms with Gasteiger partial charge in [-0.25, -0.2) is 4.39 Å². The number of aryl methyl sites for hydroxylation is 1. The van der Waals surface area contributed by atoms with Crippen LogP contribution in [0, 0.1) is 28.5 Å². The molecule has 0 saturated carbocycles. The Morgan fingerprint density at radius 2 is 1.37 bits per heavy atom. The van der Waals surface area contributed by atoms with Crippen molar-refractivity contribution in [2.45, 2.75) is 148 Å². The van der Waals surface area contributed by atoms with Crippen LogP contribution in [0.15, 0.2) is 91.5 Å². The smallest absolute Gasteiger partial charge is 0.123 e. The molecule has 1 nitrogen and oxygen atoms in total. The molecule has 0 bridgehead atoms. The summed E-state index contributed by atoms with van der Waals surface area (Å²) in [5.41, 5.74) is 7.70. The highest BCUT2D eigenvalue weighted by atomic mass is 19.1. The van der Waals surface area contributed by atoms with Gasteiger partial charge in [0.25, 0.3) is 0 Å². The van der Waals surface area contributed by atoms with Gasteiger partial charge in [-0.1, -0.05) is 193 Å². The van der Waals surface area contributed by atoms with Crippen LogP contribution in [0.25, 0.3) is 16.7 Å². The van der Waals surface area contributed by atoms with Gasteiger partial charge >= 0.3 is 0 Å². The Bertz CT molecular complexity index is 1270. The molecule has 1 unspecified atom stereocenters. The molecule has 0 saturated heterocycles. The van der Waals surface area contributed by atoms with Crippen LogP contribution in [0.1, 0.15) is 158 Å². The maximum Gasteiger partial charge on any atom is 0.123 e. The minimum atomic E-state index is -0.133. The fraction of sp³-hybridized carbons (Fsp3) is 0.511. The van der Waals surface area contributed by atoms with Gasteiger partial charge in [0, 0.05) is 0 Å². The summed E-state index contributed by atoms with van der Waals surface area (Å²) in [6.07, 6.45) is 11.3. The number of unbranched alkanes of at least 4 members (excludes halogenated alkanes) is 2.